The van der Waals surface area contributed by atoms with Crippen LogP contribution in [0.3, 0.4) is 0 Å². The third kappa shape index (κ3) is 2.63. The van der Waals surface area contributed by atoms with Gasteiger partial charge in [-0.05, 0) is 38.0 Å². The molecule has 0 heterocycles. The van der Waals surface area contributed by atoms with E-state index >= 15 is 0 Å². The topological polar surface area (TPSA) is 26.0 Å². The van der Waals surface area contributed by atoms with Crippen LogP contribution in [0.25, 0.3) is 0 Å². The predicted molar refractivity (Wildman–Crippen MR) is 53.9 cm³/mol. The van der Waals surface area contributed by atoms with Crippen molar-refractivity contribution in [3.63, 3.8) is 0 Å². The van der Waals surface area contributed by atoms with Crippen molar-refractivity contribution >= 4 is 0 Å². The summed E-state index contributed by atoms with van der Waals surface area (Å²) in [5.74, 6) is 1.40. The molecule has 0 aromatic heterocycles. The van der Waals surface area contributed by atoms with Crippen LogP contribution in [-0.2, 0) is 0 Å². The zero-order valence-corrected chi connectivity index (χ0v) is 8.51. The van der Waals surface area contributed by atoms with Crippen molar-refractivity contribution < 1.29 is 0 Å². The first-order valence-electron chi connectivity index (χ1n) is 5.03. The van der Waals surface area contributed by atoms with Crippen LogP contribution in [0.4, 0.5) is 0 Å². The first-order valence-corrected chi connectivity index (χ1v) is 5.03. The van der Waals surface area contributed by atoms with E-state index in [0.717, 1.165) is 12.3 Å². The smallest absolute Gasteiger partial charge is 0.00445 e. The monoisotopic (exact) mass is 167 g/mol. The Labute approximate surface area is 76.0 Å². The molecule has 2 N–H and O–H groups in total. The molecule has 2 unspecified atom stereocenters. The molecule has 0 saturated heterocycles. The third-order valence-corrected chi connectivity index (χ3v) is 2.97. The van der Waals surface area contributed by atoms with Gasteiger partial charge in [0, 0.05) is 6.04 Å². The van der Waals surface area contributed by atoms with E-state index in [0.29, 0.717) is 12.0 Å². The first-order chi connectivity index (χ1) is 5.59. The molecule has 1 rings (SSSR count). The number of nitrogens with two attached hydrogens (primary N) is 1. The third-order valence-electron chi connectivity index (χ3n) is 2.97. The van der Waals surface area contributed by atoms with Crippen molar-refractivity contribution in [3.05, 3.63) is 11.6 Å². The molecule has 3 atom stereocenters. The van der Waals surface area contributed by atoms with Crippen molar-refractivity contribution in [2.75, 3.05) is 0 Å². The zero-order chi connectivity index (χ0) is 9.14. The summed E-state index contributed by atoms with van der Waals surface area (Å²) in [4.78, 5) is 0. The second kappa shape index (κ2) is 4.08. The summed E-state index contributed by atoms with van der Waals surface area (Å²) in [7, 11) is 0. The fourth-order valence-electron chi connectivity index (χ4n) is 1.97. The summed E-state index contributed by atoms with van der Waals surface area (Å²) >= 11 is 0. The quantitative estimate of drug-likeness (QED) is 0.552. The Bertz CT molecular complexity index is 172. The molecular weight excluding hydrogens is 146 g/mol. The maximum Gasteiger partial charge on any atom is 0.00445 e. The first kappa shape index (κ1) is 9.79. The molecule has 1 aliphatic rings. The molecule has 0 amide bonds. The fraction of sp³-hybridized carbons (Fsp3) is 0.818. The molecule has 1 aliphatic carbocycles. The summed E-state index contributed by atoms with van der Waals surface area (Å²) in [5, 5.41) is 0. The molecule has 70 valence electrons. The Balaban J connectivity index is 2.65. The SMILES string of the molecule is C/C1=C/C(C)C[C@H](N)CCC1C. The minimum atomic E-state index is 0.423. The molecule has 0 spiro atoms. The lowest BCUT2D eigenvalue weighted by molar-refractivity contribution is 0.435. The van der Waals surface area contributed by atoms with Gasteiger partial charge < -0.3 is 5.73 Å². The van der Waals surface area contributed by atoms with Crippen molar-refractivity contribution in [1.29, 1.82) is 0 Å². The summed E-state index contributed by atoms with van der Waals surface area (Å²) in [6, 6.07) is 0.423. The van der Waals surface area contributed by atoms with E-state index in [1.165, 1.54) is 12.8 Å². The molecule has 0 saturated carbocycles. The summed E-state index contributed by atoms with van der Waals surface area (Å²) in [6.45, 7) is 6.82. The van der Waals surface area contributed by atoms with Gasteiger partial charge in [-0.15, -0.1) is 0 Å². The lowest BCUT2D eigenvalue weighted by Gasteiger charge is -2.23. The van der Waals surface area contributed by atoms with Crippen molar-refractivity contribution in [2.45, 2.75) is 46.1 Å². The van der Waals surface area contributed by atoms with Gasteiger partial charge >= 0.3 is 0 Å². The van der Waals surface area contributed by atoms with E-state index in [2.05, 4.69) is 26.8 Å². The second-order valence-corrected chi connectivity index (χ2v) is 4.36. The normalized spacial score (nSPS) is 42.7. The number of hydrogen-bond acceptors (Lipinski definition) is 1. The van der Waals surface area contributed by atoms with Crippen molar-refractivity contribution in [2.24, 2.45) is 17.6 Å². The number of rotatable bonds is 0. The van der Waals surface area contributed by atoms with E-state index in [1.807, 2.05) is 0 Å². The molecular formula is C11H21N. The van der Waals surface area contributed by atoms with Gasteiger partial charge in [0.15, 0.2) is 0 Å². The Morgan fingerprint density at radius 3 is 2.67 bits per heavy atom. The molecule has 0 aromatic carbocycles. The maximum absolute atomic E-state index is 5.97. The van der Waals surface area contributed by atoms with Crippen LogP contribution >= 0.6 is 0 Å². The molecule has 0 fully saturated rings. The highest BCUT2D eigenvalue weighted by molar-refractivity contribution is 5.05. The van der Waals surface area contributed by atoms with E-state index in [9.17, 15) is 0 Å². The van der Waals surface area contributed by atoms with Gasteiger partial charge in [-0.3, -0.25) is 0 Å². The van der Waals surface area contributed by atoms with E-state index in [-0.39, 0.29) is 0 Å². The molecule has 1 heteroatoms. The number of allylic oxidation sites excluding steroid dienone is 2. The highest BCUT2D eigenvalue weighted by atomic mass is 14.6. The van der Waals surface area contributed by atoms with Gasteiger partial charge in [0.1, 0.15) is 0 Å². The standard InChI is InChI=1S/C11H21N/c1-8-6-10(3)9(2)4-5-11(12)7-8/h6,8-9,11H,4-5,7,12H2,1-3H3/b10-6-/t8?,9?,11-/m1/s1. The fourth-order valence-corrected chi connectivity index (χ4v) is 1.97. The molecule has 1 nitrogen and oxygen atoms in total. The van der Waals surface area contributed by atoms with Gasteiger partial charge in [-0.25, -0.2) is 0 Å². The summed E-state index contributed by atoms with van der Waals surface area (Å²) in [5.41, 5.74) is 7.52. The van der Waals surface area contributed by atoms with Gasteiger partial charge in [-0.2, -0.15) is 0 Å². The van der Waals surface area contributed by atoms with Crippen molar-refractivity contribution in [3.8, 4) is 0 Å². The largest absolute Gasteiger partial charge is 0.328 e. The van der Waals surface area contributed by atoms with Crippen LogP contribution in [0.15, 0.2) is 11.6 Å². The minimum absolute atomic E-state index is 0.423. The molecule has 12 heavy (non-hydrogen) atoms. The molecule has 0 radical (unpaired) electrons. The Morgan fingerprint density at radius 2 is 2.00 bits per heavy atom. The highest BCUT2D eigenvalue weighted by Gasteiger charge is 2.14. The van der Waals surface area contributed by atoms with E-state index in [1.54, 1.807) is 5.57 Å². The zero-order valence-electron chi connectivity index (χ0n) is 8.51. The van der Waals surface area contributed by atoms with E-state index < -0.39 is 0 Å². The van der Waals surface area contributed by atoms with Crippen LogP contribution in [0.1, 0.15) is 40.0 Å². The lowest BCUT2D eigenvalue weighted by atomic mass is 9.86. The van der Waals surface area contributed by atoms with Crippen LogP contribution in [0.2, 0.25) is 0 Å². The summed E-state index contributed by atoms with van der Waals surface area (Å²) in [6.07, 6.45) is 6.00. The predicted octanol–water partition coefficient (Wildman–Crippen LogP) is 2.72. The van der Waals surface area contributed by atoms with E-state index in [4.69, 9.17) is 5.73 Å². The average molecular weight is 167 g/mol. The number of hydrogen-bond donors (Lipinski definition) is 1. The minimum Gasteiger partial charge on any atom is -0.328 e. The maximum atomic E-state index is 5.97. The molecule has 0 bridgehead atoms. The Morgan fingerprint density at radius 1 is 1.33 bits per heavy atom. The molecule has 0 aliphatic heterocycles. The molecule has 0 aromatic rings. The van der Waals surface area contributed by atoms with Crippen LogP contribution in [-0.4, -0.2) is 6.04 Å². The van der Waals surface area contributed by atoms with Crippen LogP contribution in [0.5, 0.6) is 0 Å². The van der Waals surface area contributed by atoms with Gasteiger partial charge in [-0.1, -0.05) is 25.5 Å². The van der Waals surface area contributed by atoms with Gasteiger partial charge in [0.05, 0.1) is 0 Å². The van der Waals surface area contributed by atoms with Gasteiger partial charge in [0.2, 0.25) is 0 Å². The Kier molecular flexibility index (Phi) is 3.33. The van der Waals surface area contributed by atoms with Gasteiger partial charge in [0.25, 0.3) is 0 Å². The summed E-state index contributed by atoms with van der Waals surface area (Å²) < 4.78 is 0. The van der Waals surface area contributed by atoms with Crippen molar-refractivity contribution in [1.82, 2.24) is 0 Å². The second-order valence-electron chi connectivity index (χ2n) is 4.36. The van der Waals surface area contributed by atoms with Crippen LogP contribution in [0, 0.1) is 11.8 Å². The highest BCUT2D eigenvalue weighted by Crippen LogP contribution is 2.24. The van der Waals surface area contributed by atoms with Crippen LogP contribution < -0.4 is 5.73 Å². The lowest BCUT2D eigenvalue weighted by Crippen LogP contribution is -2.24. The Hall–Kier alpha value is -0.300. The average Bonchev–Trinajstić information content (AvgIpc) is 1.98.